The van der Waals surface area contributed by atoms with E-state index in [0.29, 0.717) is 17.9 Å². The summed E-state index contributed by atoms with van der Waals surface area (Å²) in [6.45, 7) is 2.35. The van der Waals surface area contributed by atoms with E-state index in [1.54, 1.807) is 29.2 Å². The minimum atomic E-state index is -0.225. The number of fused-ring (bicyclic) bond motifs is 1. The van der Waals surface area contributed by atoms with E-state index >= 15 is 0 Å². The Balaban J connectivity index is 1.75. The Morgan fingerprint density at radius 2 is 2.30 bits per heavy atom. The van der Waals surface area contributed by atoms with Gasteiger partial charge >= 0.3 is 0 Å². The van der Waals surface area contributed by atoms with E-state index in [1.807, 2.05) is 25.3 Å². The third-order valence-corrected chi connectivity index (χ3v) is 2.85. The third-order valence-electron chi connectivity index (χ3n) is 2.85. The molecule has 6 nitrogen and oxygen atoms in total. The van der Waals surface area contributed by atoms with Gasteiger partial charge in [0.1, 0.15) is 0 Å². The number of carbonyl (C=O) groups excluding carboxylic acids is 1. The highest BCUT2D eigenvalue weighted by Gasteiger charge is 2.11. The van der Waals surface area contributed by atoms with Gasteiger partial charge in [-0.1, -0.05) is 6.07 Å². The van der Waals surface area contributed by atoms with Crippen molar-refractivity contribution in [2.45, 2.75) is 13.5 Å². The molecule has 1 amide bonds. The summed E-state index contributed by atoms with van der Waals surface area (Å²) in [5.74, 6) is -0.225. The molecule has 100 valence electrons. The van der Waals surface area contributed by atoms with E-state index in [9.17, 15) is 4.79 Å². The lowest BCUT2D eigenvalue weighted by molar-refractivity contribution is 0.0945. The molecule has 0 atom stereocenters. The molecule has 0 aliphatic carbocycles. The highest BCUT2D eigenvalue weighted by atomic mass is 16.1. The summed E-state index contributed by atoms with van der Waals surface area (Å²) in [6.07, 6.45) is 6.99. The Morgan fingerprint density at radius 1 is 1.40 bits per heavy atom. The minimum Gasteiger partial charge on any atom is -0.347 e. The third kappa shape index (κ3) is 2.49. The number of amides is 1. The van der Waals surface area contributed by atoms with E-state index in [0.717, 1.165) is 11.1 Å². The molecular formula is C14H13N5O. The van der Waals surface area contributed by atoms with Crippen molar-refractivity contribution in [1.29, 1.82) is 0 Å². The van der Waals surface area contributed by atoms with Crippen molar-refractivity contribution in [3.8, 4) is 0 Å². The Morgan fingerprint density at radius 3 is 3.10 bits per heavy atom. The van der Waals surface area contributed by atoms with E-state index in [2.05, 4.69) is 20.4 Å². The quantitative estimate of drug-likeness (QED) is 0.777. The van der Waals surface area contributed by atoms with Crippen molar-refractivity contribution in [3.63, 3.8) is 0 Å². The second-order valence-corrected chi connectivity index (χ2v) is 4.51. The zero-order chi connectivity index (χ0) is 13.9. The van der Waals surface area contributed by atoms with Crippen LogP contribution < -0.4 is 5.32 Å². The van der Waals surface area contributed by atoms with Gasteiger partial charge in [-0.25, -0.2) is 9.50 Å². The maximum Gasteiger partial charge on any atom is 0.272 e. The van der Waals surface area contributed by atoms with Gasteiger partial charge in [-0.05, 0) is 24.1 Å². The van der Waals surface area contributed by atoms with Crippen LogP contribution in [0.1, 0.15) is 21.6 Å². The van der Waals surface area contributed by atoms with Gasteiger partial charge in [0.05, 0.1) is 0 Å². The largest absolute Gasteiger partial charge is 0.347 e. The number of hydrogen-bond acceptors (Lipinski definition) is 4. The molecule has 3 aromatic heterocycles. The summed E-state index contributed by atoms with van der Waals surface area (Å²) >= 11 is 0. The molecule has 0 unspecified atom stereocenters. The van der Waals surface area contributed by atoms with Gasteiger partial charge in [-0.15, -0.1) is 0 Å². The number of nitrogens with one attached hydrogen (secondary N) is 1. The number of rotatable bonds is 3. The monoisotopic (exact) mass is 267 g/mol. The van der Waals surface area contributed by atoms with Crippen LogP contribution in [0.15, 0.2) is 43.0 Å². The van der Waals surface area contributed by atoms with Crippen LogP contribution in [-0.4, -0.2) is 25.5 Å². The van der Waals surface area contributed by atoms with E-state index in [-0.39, 0.29) is 5.91 Å². The van der Waals surface area contributed by atoms with Gasteiger partial charge in [0.25, 0.3) is 5.91 Å². The standard InChI is InChI=1S/C14H13N5O/c1-10-6-16-13-5-12(18-19(13)9-10)14(20)17-8-11-3-2-4-15-7-11/h2-7,9H,8H2,1H3,(H,17,20). The van der Waals surface area contributed by atoms with Crippen LogP contribution in [-0.2, 0) is 6.54 Å². The highest BCUT2D eigenvalue weighted by molar-refractivity contribution is 5.93. The summed E-state index contributed by atoms with van der Waals surface area (Å²) < 4.78 is 1.61. The fraction of sp³-hybridized carbons (Fsp3) is 0.143. The maximum absolute atomic E-state index is 12.0. The zero-order valence-electron chi connectivity index (χ0n) is 10.9. The molecule has 1 N–H and O–H groups in total. The molecule has 0 saturated carbocycles. The number of pyridine rings is 1. The van der Waals surface area contributed by atoms with Crippen LogP contribution in [0.25, 0.3) is 5.65 Å². The number of nitrogens with zero attached hydrogens (tertiary/aromatic N) is 4. The van der Waals surface area contributed by atoms with Crippen LogP contribution in [0, 0.1) is 6.92 Å². The van der Waals surface area contributed by atoms with Crippen LogP contribution in [0.2, 0.25) is 0 Å². The Bertz CT molecular complexity index is 751. The molecular weight excluding hydrogens is 254 g/mol. The van der Waals surface area contributed by atoms with Gasteiger partial charge in [0.2, 0.25) is 0 Å². The molecule has 6 heteroatoms. The van der Waals surface area contributed by atoms with Gasteiger partial charge in [0, 0.05) is 37.4 Å². The van der Waals surface area contributed by atoms with Crippen molar-refractivity contribution in [2.75, 3.05) is 0 Å². The van der Waals surface area contributed by atoms with Crippen molar-refractivity contribution in [1.82, 2.24) is 24.9 Å². The summed E-state index contributed by atoms with van der Waals surface area (Å²) in [4.78, 5) is 20.2. The normalized spacial score (nSPS) is 10.7. The lowest BCUT2D eigenvalue weighted by Gasteiger charge is -2.02. The molecule has 0 radical (unpaired) electrons. The van der Waals surface area contributed by atoms with Gasteiger partial charge in [-0.2, -0.15) is 5.10 Å². The van der Waals surface area contributed by atoms with E-state index in [1.165, 1.54) is 0 Å². The maximum atomic E-state index is 12.0. The molecule has 0 spiro atoms. The second kappa shape index (κ2) is 5.08. The molecule has 0 saturated heterocycles. The van der Waals surface area contributed by atoms with Gasteiger partial charge in [0.15, 0.2) is 11.3 Å². The van der Waals surface area contributed by atoms with E-state index in [4.69, 9.17) is 0 Å². The number of aryl methyl sites for hydroxylation is 1. The first kappa shape index (κ1) is 12.3. The molecule has 0 aliphatic rings. The van der Waals surface area contributed by atoms with Gasteiger partial charge in [-0.3, -0.25) is 9.78 Å². The van der Waals surface area contributed by atoms with Crippen LogP contribution in [0.5, 0.6) is 0 Å². The van der Waals surface area contributed by atoms with E-state index < -0.39 is 0 Å². The van der Waals surface area contributed by atoms with Crippen LogP contribution >= 0.6 is 0 Å². The fourth-order valence-electron chi connectivity index (χ4n) is 1.86. The highest BCUT2D eigenvalue weighted by Crippen LogP contribution is 2.05. The molecule has 20 heavy (non-hydrogen) atoms. The number of carbonyl (C=O) groups is 1. The molecule has 3 rings (SSSR count). The molecule has 0 aliphatic heterocycles. The van der Waals surface area contributed by atoms with Crippen molar-refractivity contribution >= 4 is 11.6 Å². The molecule has 0 aromatic carbocycles. The Kier molecular flexibility index (Phi) is 3.12. The fourth-order valence-corrected chi connectivity index (χ4v) is 1.86. The van der Waals surface area contributed by atoms with Crippen molar-refractivity contribution in [2.24, 2.45) is 0 Å². The average molecular weight is 267 g/mol. The zero-order valence-corrected chi connectivity index (χ0v) is 10.9. The summed E-state index contributed by atoms with van der Waals surface area (Å²) in [6, 6.07) is 5.40. The predicted molar refractivity (Wildman–Crippen MR) is 73.1 cm³/mol. The first-order valence-corrected chi connectivity index (χ1v) is 6.21. The lowest BCUT2D eigenvalue weighted by Crippen LogP contribution is -2.23. The summed E-state index contributed by atoms with van der Waals surface area (Å²) in [5.41, 5.74) is 2.94. The lowest BCUT2D eigenvalue weighted by atomic mass is 10.3. The topological polar surface area (TPSA) is 72.2 Å². The van der Waals surface area contributed by atoms with Crippen LogP contribution in [0.4, 0.5) is 0 Å². The summed E-state index contributed by atoms with van der Waals surface area (Å²) in [7, 11) is 0. The molecule has 3 heterocycles. The molecule has 3 aromatic rings. The first-order valence-electron chi connectivity index (χ1n) is 6.21. The van der Waals surface area contributed by atoms with Crippen molar-refractivity contribution < 1.29 is 4.79 Å². The van der Waals surface area contributed by atoms with Gasteiger partial charge < -0.3 is 5.32 Å². The number of hydrogen-bond donors (Lipinski definition) is 1. The Hall–Kier alpha value is -2.76. The minimum absolute atomic E-state index is 0.225. The predicted octanol–water partition coefficient (Wildman–Crippen LogP) is 1.36. The van der Waals surface area contributed by atoms with Crippen LogP contribution in [0.3, 0.4) is 0 Å². The Labute approximate surface area is 115 Å². The van der Waals surface area contributed by atoms with Crippen molar-refractivity contribution in [3.05, 3.63) is 59.8 Å². The molecule has 0 bridgehead atoms. The number of aromatic nitrogens is 4. The smallest absolute Gasteiger partial charge is 0.272 e. The average Bonchev–Trinajstić information content (AvgIpc) is 2.89. The summed E-state index contributed by atoms with van der Waals surface area (Å²) in [5, 5.41) is 7.02. The second-order valence-electron chi connectivity index (χ2n) is 4.51. The first-order chi connectivity index (χ1) is 9.72. The molecule has 0 fully saturated rings. The SMILES string of the molecule is Cc1cnc2cc(C(=O)NCc3cccnc3)nn2c1.